The summed E-state index contributed by atoms with van der Waals surface area (Å²) in [6.07, 6.45) is 4.51. The molecule has 2 aliphatic heterocycles. The molecule has 0 radical (unpaired) electrons. The van der Waals surface area contributed by atoms with Crippen molar-refractivity contribution in [2.24, 2.45) is 0 Å². The average Bonchev–Trinajstić information content (AvgIpc) is 2.96. The van der Waals surface area contributed by atoms with E-state index in [0.29, 0.717) is 26.2 Å². The molecule has 2 aliphatic rings. The van der Waals surface area contributed by atoms with E-state index in [-0.39, 0.29) is 21.9 Å². The van der Waals surface area contributed by atoms with E-state index in [4.69, 9.17) is 11.6 Å². The molecular weight excluding hydrogens is 466 g/mol. The van der Waals surface area contributed by atoms with Gasteiger partial charge in [-0.2, -0.15) is 4.31 Å². The summed E-state index contributed by atoms with van der Waals surface area (Å²) < 4.78 is 28.1. The van der Waals surface area contributed by atoms with Crippen molar-refractivity contribution in [2.75, 3.05) is 39.3 Å². The molecule has 1 aromatic carbocycles. The van der Waals surface area contributed by atoms with E-state index in [1.54, 1.807) is 12.1 Å². The van der Waals surface area contributed by atoms with Crippen LogP contribution < -0.4 is 0 Å². The molecule has 28 heavy (non-hydrogen) atoms. The summed E-state index contributed by atoms with van der Waals surface area (Å²) in [5.74, 6) is 0.161. The van der Waals surface area contributed by atoms with Gasteiger partial charge in [-0.15, -0.1) is 0 Å². The molecule has 0 saturated carbocycles. The Morgan fingerprint density at radius 2 is 1.64 bits per heavy atom. The SMILES string of the molecule is CC(C(=O)N1CCCCCC1)N1CCN(S(=O)(=O)c2ccc(Br)cc2Cl)CC1. The van der Waals surface area contributed by atoms with E-state index >= 15 is 0 Å². The highest BCUT2D eigenvalue weighted by Crippen LogP contribution is 2.28. The molecule has 6 nitrogen and oxygen atoms in total. The summed E-state index contributed by atoms with van der Waals surface area (Å²) >= 11 is 9.46. The van der Waals surface area contributed by atoms with Gasteiger partial charge in [0.1, 0.15) is 4.90 Å². The van der Waals surface area contributed by atoms with Gasteiger partial charge < -0.3 is 4.90 Å². The molecule has 2 saturated heterocycles. The summed E-state index contributed by atoms with van der Waals surface area (Å²) in [5.41, 5.74) is 0. The Kier molecular flexibility index (Phi) is 7.42. The molecule has 0 spiro atoms. The Morgan fingerprint density at radius 3 is 2.21 bits per heavy atom. The minimum Gasteiger partial charge on any atom is -0.341 e. The van der Waals surface area contributed by atoms with Crippen LogP contribution in [0.25, 0.3) is 0 Å². The van der Waals surface area contributed by atoms with Crippen LogP contribution in [0, 0.1) is 0 Å². The van der Waals surface area contributed by atoms with E-state index in [2.05, 4.69) is 20.8 Å². The highest BCUT2D eigenvalue weighted by Gasteiger charge is 2.34. The van der Waals surface area contributed by atoms with Gasteiger partial charge in [0, 0.05) is 43.7 Å². The zero-order valence-electron chi connectivity index (χ0n) is 16.1. The lowest BCUT2D eigenvalue weighted by Crippen LogP contribution is -2.55. The highest BCUT2D eigenvalue weighted by atomic mass is 79.9. The largest absolute Gasteiger partial charge is 0.341 e. The van der Waals surface area contributed by atoms with Crippen LogP contribution in [0.3, 0.4) is 0 Å². The molecule has 2 heterocycles. The first-order valence-electron chi connectivity index (χ1n) is 9.79. The van der Waals surface area contributed by atoms with Gasteiger partial charge in [-0.25, -0.2) is 8.42 Å². The van der Waals surface area contributed by atoms with Gasteiger partial charge in [-0.3, -0.25) is 9.69 Å². The van der Waals surface area contributed by atoms with Gasteiger partial charge in [-0.05, 0) is 38.0 Å². The molecule has 156 valence electrons. The van der Waals surface area contributed by atoms with Gasteiger partial charge in [0.15, 0.2) is 0 Å². The first kappa shape index (κ1) is 22.0. The third-order valence-electron chi connectivity index (χ3n) is 5.61. The van der Waals surface area contributed by atoms with Gasteiger partial charge in [0.05, 0.1) is 11.1 Å². The molecule has 1 amide bonds. The molecule has 9 heteroatoms. The summed E-state index contributed by atoms with van der Waals surface area (Å²) in [6.45, 7) is 5.38. The maximum atomic E-state index is 12.9. The molecular formula is C19H27BrClN3O3S. The van der Waals surface area contributed by atoms with Crippen molar-refractivity contribution in [3.05, 3.63) is 27.7 Å². The predicted octanol–water partition coefficient (Wildman–Crippen LogP) is 3.20. The number of hydrogen-bond donors (Lipinski definition) is 0. The zero-order chi connectivity index (χ0) is 20.3. The second kappa shape index (κ2) is 9.43. The van der Waals surface area contributed by atoms with Gasteiger partial charge in [0.25, 0.3) is 0 Å². The molecule has 1 aromatic rings. The number of amides is 1. The third kappa shape index (κ3) is 4.90. The van der Waals surface area contributed by atoms with Crippen LogP contribution in [0.5, 0.6) is 0 Å². The topological polar surface area (TPSA) is 60.9 Å². The van der Waals surface area contributed by atoms with Crippen molar-refractivity contribution < 1.29 is 13.2 Å². The summed E-state index contributed by atoms with van der Waals surface area (Å²) in [4.78, 5) is 17.0. The summed E-state index contributed by atoms with van der Waals surface area (Å²) in [6, 6.07) is 4.57. The number of piperazine rings is 1. The number of likely N-dealkylation sites (tertiary alicyclic amines) is 1. The Balaban J connectivity index is 1.62. The van der Waals surface area contributed by atoms with Crippen LogP contribution in [-0.4, -0.2) is 73.7 Å². The Morgan fingerprint density at radius 1 is 1.04 bits per heavy atom. The van der Waals surface area contributed by atoms with Crippen LogP contribution in [0.2, 0.25) is 5.02 Å². The lowest BCUT2D eigenvalue weighted by atomic mass is 10.2. The van der Waals surface area contributed by atoms with E-state index in [0.717, 1.165) is 30.4 Å². The second-order valence-electron chi connectivity index (χ2n) is 7.43. The fraction of sp³-hybridized carbons (Fsp3) is 0.632. The first-order chi connectivity index (χ1) is 13.3. The van der Waals surface area contributed by atoms with Crippen molar-refractivity contribution in [1.29, 1.82) is 0 Å². The number of halogens is 2. The Bertz CT molecular complexity index is 805. The monoisotopic (exact) mass is 491 g/mol. The molecule has 1 unspecified atom stereocenters. The maximum Gasteiger partial charge on any atom is 0.244 e. The van der Waals surface area contributed by atoms with Crippen molar-refractivity contribution in [1.82, 2.24) is 14.1 Å². The first-order valence-corrected chi connectivity index (χ1v) is 12.4. The second-order valence-corrected chi connectivity index (χ2v) is 10.7. The zero-order valence-corrected chi connectivity index (χ0v) is 19.3. The molecule has 0 aliphatic carbocycles. The Hall–Kier alpha value is -0.670. The number of sulfonamides is 1. The van der Waals surface area contributed by atoms with Crippen molar-refractivity contribution >= 4 is 43.5 Å². The van der Waals surface area contributed by atoms with Crippen molar-refractivity contribution in [3.63, 3.8) is 0 Å². The molecule has 0 bridgehead atoms. The van der Waals surface area contributed by atoms with Crippen LogP contribution in [0.15, 0.2) is 27.6 Å². The molecule has 0 aromatic heterocycles. The van der Waals surface area contributed by atoms with E-state index < -0.39 is 10.0 Å². The van der Waals surface area contributed by atoms with Crippen LogP contribution in [0.1, 0.15) is 32.6 Å². The molecule has 1 atom stereocenters. The molecule has 3 rings (SSSR count). The lowest BCUT2D eigenvalue weighted by Gasteiger charge is -2.38. The number of carbonyl (C=O) groups excluding carboxylic acids is 1. The third-order valence-corrected chi connectivity index (χ3v) is 8.48. The Labute approximate surface area is 181 Å². The minimum atomic E-state index is -3.65. The summed E-state index contributed by atoms with van der Waals surface area (Å²) in [5, 5.41) is 0.210. The predicted molar refractivity (Wildman–Crippen MR) is 114 cm³/mol. The highest BCUT2D eigenvalue weighted by molar-refractivity contribution is 9.10. The fourth-order valence-corrected chi connectivity index (χ4v) is 6.30. The molecule has 2 fully saturated rings. The van der Waals surface area contributed by atoms with Gasteiger partial charge >= 0.3 is 0 Å². The van der Waals surface area contributed by atoms with Gasteiger partial charge in [0.2, 0.25) is 15.9 Å². The van der Waals surface area contributed by atoms with E-state index in [1.165, 1.54) is 23.2 Å². The smallest absolute Gasteiger partial charge is 0.244 e. The molecule has 0 N–H and O–H groups in total. The quantitative estimate of drug-likeness (QED) is 0.648. The lowest BCUT2D eigenvalue weighted by molar-refractivity contribution is -0.136. The van der Waals surface area contributed by atoms with Gasteiger partial charge in [-0.1, -0.05) is 40.4 Å². The number of nitrogens with zero attached hydrogens (tertiary/aromatic N) is 3. The van der Waals surface area contributed by atoms with Crippen molar-refractivity contribution in [2.45, 2.75) is 43.5 Å². The van der Waals surface area contributed by atoms with Crippen molar-refractivity contribution in [3.8, 4) is 0 Å². The number of rotatable bonds is 4. The normalized spacial score (nSPS) is 21.3. The van der Waals surface area contributed by atoms with Crippen LogP contribution in [0.4, 0.5) is 0 Å². The average molecular weight is 493 g/mol. The summed E-state index contributed by atoms with van der Waals surface area (Å²) in [7, 11) is -3.65. The van der Waals surface area contributed by atoms with Crippen LogP contribution in [-0.2, 0) is 14.8 Å². The fourth-order valence-electron chi connectivity index (χ4n) is 3.87. The van der Waals surface area contributed by atoms with Crippen LogP contribution >= 0.6 is 27.5 Å². The number of carbonyl (C=O) groups is 1. The maximum absolute atomic E-state index is 12.9. The number of hydrogen-bond acceptors (Lipinski definition) is 4. The van der Waals surface area contributed by atoms with E-state index in [9.17, 15) is 13.2 Å². The van der Waals surface area contributed by atoms with E-state index in [1.807, 2.05) is 11.8 Å². The standard InChI is InChI=1S/C19H27BrClN3O3S/c1-15(19(25)23-8-4-2-3-5-9-23)22-10-12-24(13-11-22)28(26,27)18-7-6-16(20)14-17(18)21/h6-7,14-15H,2-5,8-13H2,1H3. The minimum absolute atomic E-state index is 0.125. The number of benzene rings is 1.